The molecule has 1 aromatic heterocycles. The maximum Gasteiger partial charge on any atom is 0.168 e. The first-order chi connectivity index (χ1) is 5.26. The van der Waals surface area contributed by atoms with Crippen LogP contribution in [-0.2, 0) is 0 Å². The number of nitrogens with zero attached hydrogens (tertiary/aromatic N) is 1. The van der Waals surface area contributed by atoms with E-state index in [1.165, 1.54) is 12.1 Å². The average molecular weight is 150 g/mol. The van der Waals surface area contributed by atoms with Gasteiger partial charge in [-0.15, -0.1) is 0 Å². The zero-order chi connectivity index (χ0) is 8.27. The van der Waals surface area contributed by atoms with Gasteiger partial charge in [0.25, 0.3) is 0 Å². The van der Waals surface area contributed by atoms with E-state index in [9.17, 15) is 9.59 Å². The summed E-state index contributed by atoms with van der Waals surface area (Å²) < 4.78 is 0. The molecule has 0 spiro atoms. The van der Waals surface area contributed by atoms with Crippen molar-refractivity contribution in [1.82, 2.24) is 4.98 Å². The second-order valence-electron chi connectivity index (χ2n) is 1.99. The number of hydrogen-bond donors (Lipinski definition) is 1. The zero-order valence-electron chi connectivity index (χ0n) is 5.65. The van der Waals surface area contributed by atoms with Crippen LogP contribution in [0.5, 0.6) is 0 Å². The number of anilines is 1. The van der Waals surface area contributed by atoms with E-state index in [2.05, 4.69) is 4.98 Å². The second kappa shape index (κ2) is 2.92. The van der Waals surface area contributed by atoms with E-state index >= 15 is 0 Å². The Bertz CT molecular complexity index is 270. The third kappa shape index (κ3) is 1.61. The highest BCUT2D eigenvalue weighted by atomic mass is 16.1. The van der Waals surface area contributed by atoms with E-state index < -0.39 is 0 Å². The molecule has 2 N–H and O–H groups in total. The molecular weight excluding hydrogens is 144 g/mol. The first-order valence-electron chi connectivity index (χ1n) is 2.94. The average Bonchev–Trinajstić information content (AvgIpc) is 2.03. The van der Waals surface area contributed by atoms with Gasteiger partial charge in [0.05, 0.1) is 0 Å². The highest BCUT2D eigenvalue weighted by molar-refractivity contribution is 5.79. The maximum absolute atomic E-state index is 10.2. The predicted molar refractivity (Wildman–Crippen MR) is 39.4 cm³/mol. The van der Waals surface area contributed by atoms with E-state index in [1.807, 2.05) is 0 Å². The summed E-state index contributed by atoms with van der Waals surface area (Å²) in [5.41, 5.74) is 6.06. The Balaban J connectivity index is 3.21. The SMILES string of the molecule is Nc1cc(C=O)nc(C=O)c1. The Morgan fingerprint density at radius 1 is 1.18 bits per heavy atom. The van der Waals surface area contributed by atoms with Crippen LogP contribution in [0.15, 0.2) is 12.1 Å². The van der Waals surface area contributed by atoms with Gasteiger partial charge in [-0.3, -0.25) is 9.59 Å². The molecule has 0 saturated carbocycles. The summed E-state index contributed by atoms with van der Waals surface area (Å²) in [5, 5.41) is 0. The third-order valence-corrected chi connectivity index (χ3v) is 1.13. The molecule has 1 aromatic rings. The quantitative estimate of drug-likeness (QED) is 0.615. The number of aldehydes is 2. The molecule has 4 heteroatoms. The Hall–Kier alpha value is -1.71. The first-order valence-corrected chi connectivity index (χ1v) is 2.94. The number of pyridine rings is 1. The van der Waals surface area contributed by atoms with Crippen LogP contribution in [0.1, 0.15) is 21.0 Å². The van der Waals surface area contributed by atoms with Crippen LogP contribution in [-0.4, -0.2) is 17.6 Å². The van der Waals surface area contributed by atoms with E-state index in [0.29, 0.717) is 18.3 Å². The topological polar surface area (TPSA) is 73.1 Å². The van der Waals surface area contributed by atoms with Gasteiger partial charge in [-0.05, 0) is 12.1 Å². The summed E-state index contributed by atoms with van der Waals surface area (Å²) in [6, 6.07) is 2.81. The van der Waals surface area contributed by atoms with E-state index in [1.54, 1.807) is 0 Å². The summed E-state index contributed by atoms with van der Waals surface area (Å²) in [5.74, 6) is 0. The molecule has 0 amide bonds. The van der Waals surface area contributed by atoms with Gasteiger partial charge in [0.2, 0.25) is 0 Å². The second-order valence-corrected chi connectivity index (χ2v) is 1.99. The molecule has 1 rings (SSSR count). The molecular formula is C7H6N2O2. The van der Waals surface area contributed by atoms with E-state index in [-0.39, 0.29) is 11.4 Å². The fourth-order valence-corrected chi connectivity index (χ4v) is 0.718. The maximum atomic E-state index is 10.2. The van der Waals surface area contributed by atoms with Crippen molar-refractivity contribution in [2.45, 2.75) is 0 Å². The summed E-state index contributed by atoms with van der Waals surface area (Å²) in [6.45, 7) is 0. The smallest absolute Gasteiger partial charge is 0.168 e. The number of rotatable bonds is 2. The lowest BCUT2D eigenvalue weighted by Crippen LogP contribution is -1.96. The van der Waals surface area contributed by atoms with Gasteiger partial charge in [-0.1, -0.05) is 0 Å². The zero-order valence-corrected chi connectivity index (χ0v) is 5.65. The molecule has 0 aliphatic rings. The van der Waals surface area contributed by atoms with Crippen LogP contribution >= 0.6 is 0 Å². The Labute approximate surface area is 63.0 Å². The van der Waals surface area contributed by atoms with Crippen molar-refractivity contribution in [1.29, 1.82) is 0 Å². The lowest BCUT2D eigenvalue weighted by molar-refractivity contribution is 0.111. The normalized spacial score (nSPS) is 9.09. The molecule has 0 aliphatic heterocycles. The molecule has 4 nitrogen and oxygen atoms in total. The standard InChI is InChI=1S/C7H6N2O2/c8-5-1-6(3-10)9-7(2-5)4-11/h1-4H,(H2,8,9). The molecule has 0 saturated heterocycles. The van der Waals surface area contributed by atoms with Crippen molar-refractivity contribution >= 4 is 18.3 Å². The van der Waals surface area contributed by atoms with Crippen molar-refractivity contribution in [3.63, 3.8) is 0 Å². The van der Waals surface area contributed by atoms with Crippen LogP contribution < -0.4 is 5.73 Å². The molecule has 0 fully saturated rings. The van der Waals surface area contributed by atoms with Crippen molar-refractivity contribution in [2.75, 3.05) is 5.73 Å². The Kier molecular flexibility index (Phi) is 1.96. The Morgan fingerprint density at radius 3 is 2.00 bits per heavy atom. The molecule has 1 heterocycles. The monoisotopic (exact) mass is 150 g/mol. The van der Waals surface area contributed by atoms with Gasteiger partial charge < -0.3 is 5.73 Å². The third-order valence-electron chi connectivity index (χ3n) is 1.13. The minimum absolute atomic E-state index is 0.173. The van der Waals surface area contributed by atoms with Crippen molar-refractivity contribution in [3.8, 4) is 0 Å². The summed E-state index contributed by atoms with van der Waals surface area (Å²) in [4.78, 5) is 24.0. The van der Waals surface area contributed by atoms with Crippen LogP contribution in [0.4, 0.5) is 5.69 Å². The van der Waals surface area contributed by atoms with Gasteiger partial charge >= 0.3 is 0 Å². The van der Waals surface area contributed by atoms with Crippen LogP contribution in [0, 0.1) is 0 Å². The molecule has 0 aromatic carbocycles. The lowest BCUT2D eigenvalue weighted by Gasteiger charge is -1.94. The molecule has 11 heavy (non-hydrogen) atoms. The molecule has 0 aliphatic carbocycles. The Morgan fingerprint density at radius 2 is 1.64 bits per heavy atom. The number of carbonyl (C=O) groups excluding carboxylic acids is 2. The van der Waals surface area contributed by atoms with E-state index in [0.717, 1.165) is 0 Å². The first kappa shape index (κ1) is 7.40. The number of nitrogen functional groups attached to an aromatic ring is 1. The van der Waals surface area contributed by atoms with Crippen LogP contribution in [0.25, 0.3) is 0 Å². The summed E-state index contributed by atoms with van der Waals surface area (Å²) in [6.07, 6.45) is 1.09. The fourth-order valence-electron chi connectivity index (χ4n) is 0.718. The predicted octanol–water partition coefficient (Wildman–Crippen LogP) is 0.289. The van der Waals surface area contributed by atoms with Crippen molar-refractivity contribution in [3.05, 3.63) is 23.5 Å². The van der Waals surface area contributed by atoms with Gasteiger partial charge in [0, 0.05) is 5.69 Å². The largest absolute Gasteiger partial charge is 0.399 e. The molecule has 0 unspecified atom stereocenters. The lowest BCUT2D eigenvalue weighted by atomic mass is 10.3. The molecule has 0 radical (unpaired) electrons. The van der Waals surface area contributed by atoms with Crippen molar-refractivity contribution in [2.24, 2.45) is 0 Å². The minimum atomic E-state index is 0.173. The van der Waals surface area contributed by atoms with Gasteiger partial charge in [0.1, 0.15) is 11.4 Å². The van der Waals surface area contributed by atoms with Crippen LogP contribution in [0.2, 0.25) is 0 Å². The van der Waals surface area contributed by atoms with Gasteiger partial charge in [-0.25, -0.2) is 4.98 Å². The highest BCUT2D eigenvalue weighted by Gasteiger charge is 1.97. The van der Waals surface area contributed by atoms with Gasteiger partial charge in [-0.2, -0.15) is 0 Å². The van der Waals surface area contributed by atoms with Crippen LogP contribution in [0.3, 0.4) is 0 Å². The molecule has 0 atom stereocenters. The van der Waals surface area contributed by atoms with E-state index in [4.69, 9.17) is 5.73 Å². The minimum Gasteiger partial charge on any atom is -0.399 e. The summed E-state index contributed by atoms with van der Waals surface area (Å²) >= 11 is 0. The molecule has 56 valence electrons. The number of aromatic nitrogens is 1. The van der Waals surface area contributed by atoms with Crippen molar-refractivity contribution < 1.29 is 9.59 Å². The summed E-state index contributed by atoms with van der Waals surface area (Å²) in [7, 11) is 0. The fraction of sp³-hybridized carbons (Fsp3) is 0. The number of nitrogens with two attached hydrogens (primary N) is 1. The number of hydrogen-bond acceptors (Lipinski definition) is 4. The molecule has 0 bridgehead atoms. The number of carbonyl (C=O) groups is 2. The highest BCUT2D eigenvalue weighted by Crippen LogP contribution is 2.03. The van der Waals surface area contributed by atoms with Gasteiger partial charge in [0.15, 0.2) is 12.6 Å².